The summed E-state index contributed by atoms with van der Waals surface area (Å²) in [6.07, 6.45) is 0.201. The minimum absolute atomic E-state index is 0.0889. The van der Waals surface area contributed by atoms with Crippen LogP contribution in [-0.4, -0.2) is 74.9 Å². The van der Waals surface area contributed by atoms with Crippen LogP contribution in [0.2, 0.25) is 0 Å². The number of amides is 1. The van der Waals surface area contributed by atoms with Crippen molar-refractivity contribution in [3.8, 4) is 23.0 Å². The first-order chi connectivity index (χ1) is 17.0. The van der Waals surface area contributed by atoms with E-state index in [4.69, 9.17) is 18.9 Å². The molecule has 1 unspecified atom stereocenters. The summed E-state index contributed by atoms with van der Waals surface area (Å²) in [6, 6.07) is 12.4. The van der Waals surface area contributed by atoms with Crippen LogP contribution in [0, 0.1) is 5.92 Å². The van der Waals surface area contributed by atoms with Gasteiger partial charge in [-0.1, -0.05) is 6.07 Å². The van der Waals surface area contributed by atoms with Crippen LogP contribution in [0.3, 0.4) is 0 Å². The van der Waals surface area contributed by atoms with E-state index in [0.717, 1.165) is 5.75 Å². The zero-order valence-electron chi connectivity index (χ0n) is 19.8. The van der Waals surface area contributed by atoms with Crippen LogP contribution in [0.15, 0.2) is 47.5 Å². The molecular formula is C26H31FN2O6. The van der Waals surface area contributed by atoms with E-state index in [9.17, 15) is 14.3 Å². The fourth-order valence-electron chi connectivity index (χ4n) is 4.14. The number of hydrogen-bond acceptors (Lipinski definition) is 7. The Kier molecular flexibility index (Phi) is 8.54. The van der Waals surface area contributed by atoms with Crippen molar-refractivity contribution >= 4 is 12.1 Å². The van der Waals surface area contributed by atoms with Crippen LogP contribution in [0.5, 0.6) is 23.0 Å². The van der Waals surface area contributed by atoms with Crippen LogP contribution >= 0.6 is 0 Å². The van der Waals surface area contributed by atoms with Crippen molar-refractivity contribution in [2.75, 3.05) is 46.6 Å². The molecule has 2 aromatic rings. The Balaban J connectivity index is 1.38. The molecule has 0 aromatic heterocycles. The van der Waals surface area contributed by atoms with E-state index in [1.807, 2.05) is 4.90 Å². The maximum Gasteiger partial charge on any atom is 0.248 e. The second kappa shape index (κ2) is 12.0. The van der Waals surface area contributed by atoms with Gasteiger partial charge >= 0.3 is 0 Å². The molecule has 0 aliphatic carbocycles. The summed E-state index contributed by atoms with van der Waals surface area (Å²) in [4.78, 5) is 18.4. The molecule has 0 radical (unpaired) electrons. The zero-order valence-corrected chi connectivity index (χ0v) is 19.8. The monoisotopic (exact) mass is 486 g/mol. The molecule has 188 valence electrons. The van der Waals surface area contributed by atoms with Crippen molar-refractivity contribution in [2.24, 2.45) is 10.9 Å². The second-order valence-electron chi connectivity index (χ2n) is 8.60. The van der Waals surface area contributed by atoms with Crippen molar-refractivity contribution in [1.29, 1.82) is 0 Å². The van der Waals surface area contributed by atoms with Crippen LogP contribution in [0.1, 0.15) is 24.5 Å². The molecule has 0 saturated carbocycles. The molecule has 2 aliphatic heterocycles. The molecule has 2 aromatic carbocycles. The third-order valence-corrected chi connectivity index (χ3v) is 6.05. The molecule has 1 N–H and O–H groups in total. The number of benzene rings is 2. The topological polar surface area (TPSA) is 89.8 Å². The number of ether oxygens (including phenoxy) is 4. The molecule has 1 amide bonds. The number of nitrogens with zero attached hydrogens (tertiary/aromatic N) is 2. The van der Waals surface area contributed by atoms with Gasteiger partial charge in [0.2, 0.25) is 5.91 Å². The van der Waals surface area contributed by atoms with Crippen LogP contribution < -0.4 is 18.9 Å². The van der Waals surface area contributed by atoms with E-state index in [2.05, 4.69) is 4.99 Å². The van der Waals surface area contributed by atoms with Crippen molar-refractivity contribution in [1.82, 2.24) is 4.90 Å². The SMILES string of the molecule is COc1ccc(OCCC(=O)/N=C/C(CN2CC[C@H](F)C2)[C@@H](O)c2ccc3c(c2)OCCO3)cc1. The van der Waals surface area contributed by atoms with Crippen LogP contribution in [-0.2, 0) is 4.79 Å². The number of aliphatic hydroxyl groups is 1. The average molecular weight is 487 g/mol. The molecule has 2 heterocycles. The Labute approximate surface area is 204 Å². The number of aliphatic imine (C=N–C) groups is 1. The van der Waals surface area contributed by atoms with E-state index >= 15 is 0 Å². The van der Waals surface area contributed by atoms with Gasteiger partial charge < -0.3 is 24.1 Å². The summed E-state index contributed by atoms with van der Waals surface area (Å²) >= 11 is 0. The fraction of sp³-hybridized carbons (Fsp3) is 0.462. The van der Waals surface area contributed by atoms with Crippen molar-refractivity contribution < 1.29 is 33.2 Å². The van der Waals surface area contributed by atoms with Gasteiger partial charge in [-0.25, -0.2) is 9.38 Å². The Bertz CT molecular complexity index is 1020. The van der Waals surface area contributed by atoms with Gasteiger partial charge in [-0.3, -0.25) is 9.69 Å². The van der Waals surface area contributed by atoms with Crippen molar-refractivity contribution in [2.45, 2.75) is 25.1 Å². The Morgan fingerprint density at radius 2 is 1.94 bits per heavy atom. The predicted molar refractivity (Wildman–Crippen MR) is 128 cm³/mol. The Morgan fingerprint density at radius 3 is 2.66 bits per heavy atom. The number of fused-ring (bicyclic) bond motifs is 1. The molecule has 0 bridgehead atoms. The number of hydrogen-bond donors (Lipinski definition) is 1. The maximum absolute atomic E-state index is 13.7. The third kappa shape index (κ3) is 6.93. The highest BCUT2D eigenvalue weighted by Crippen LogP contribution is 2.34. The minimum atomic E-state index is -0.948. The van der Waals surface area contributed by atoms with Gasteiger partial charge in [0.05, 0.1) is 26.2 Å². The number of carbonyl (C=O) groups excluding carboxylic acids is 1. The highest BCUT2D eigenvalue weighted by Gasteiger charge is 2.28. The lowest BCUT2D eigenvalue weighted by atomic mass is 9.95. The Hall–Kier alpha value is -3.17. The summed E-state index contributed by atoms with van der Waals surface area (Å²) in [5.41, 5.74) is 0.622. The smallest absolute Gasteiger partial charge is 0.248 e. The molecule has 0 spiro atoms. The standard InChI is InChI=1S/C26H31FN2O6/c1-32-21-3-5-22(6-4-21)33-11-9-25(30)28-15-19(16-29-10-8-20(27)17-29)26(31)18-2-7-23-24(14-18)35-13-12-34-23/h2-7,14-15,19-20,26,31H,8-13,16-17H2,1H3/b28-15+/t19?,20-,26-/m0/s1. The molecule has 1 saturated heterocycles. The molecule has 4 rings (SSSR count). The zero-order chi connectivity index (χ0) is 24.6. The molecule has 35 heavy (non-hydrogen) atoms. The first-order valence-electron chi connectivity index (χ1n) is 11.8. The molecule has 8 nitrogen and oxygen atoms in total. The van der Waals surface area contributed by atoms with Gasteiger partial charge in [0.1, 0.15) is 30.9 Å². The van der Waals surface area contributed by atoms with Crippen LogP contribution in [0.4, 0.5) is 4.39 Å². The minimum Gasteiger partial charge on any atom is -0.497 e. The molecule has 3 atom stereocenters. The quantitative estimate of drug-likeness (QED) is 0.516. The first-order valence-corrected chi connectivity index (χ1v) is 11.8. The number of halogens is 1. The number of methoxy groups -OCH3 is 1. The number of rotatable bonds is 10. The summed E-state index contributed by atoms with van der Waals surface area (Å²) < 4.78 is 35.6. The van der Waals surface area contributed by atoms with E-state index in [-0.39, 0.29) is 18.9 Å². The summed E-state index contributed by atoms with van der Waals surface area (Å²) in [5.74, 6) is 1.68. The largest absolute Gasteiger partial charge is 0.497 e. The number of aliphatic hydroxyl groups excluding tert-OH is 1. The van der Waals surface area contributed by atoms with Gasteiger partial charge in [0.25, 0.3) is 0 Å². The van der Waals surface area contributed by atoms with Crippen molar-refractivity contribution in [3.63, 3.8) is 0 Å². The normalized spacial score (nSPS) is 19.5. The lowest BCUT2D eigenvalue weighted by Crippen LogP contribution is -2.32. The fourth-order valence-corrected chi connectivity index (χ4v) is 4.14. The van der Waals surface area contributed by atoms with E-state index in [1.165, 1.54) is 6.21 Å². The summed E-state index contributed by atoms with van der Waals surface area (Å²) in [6.45, 7) is 2.39. The van der Waals surface area contributed by atoms with Gasteiger partial charge in [0.15, 0.2) is 11.5 Å². The number of alkyl halides is 1. The molecule has 9 heteroatoms. The van der Waals surface area contributed by atoms with Crippen molar-refractivity contribution in [3.05, 3.63) is 48.0 Å². The summed E-state index contributed by atoms with van der Waals surface area (Å²) in [5, 5.41) is 11.1. The average Bonchev–Trinajstić information content (AvgIpc) is 3.30. The molecule has 1 fully saturated rings. The highest BCUT2D eigenvalue weighted by molar-refractivity contribution is 5.86. The van der Waals surface area contributed by atoms with E-state index in [1.54, 1.807) is 49.6 Å². The summed E-state index contributed by atoms with van der Waals surface area (Å²) in [7, 11) is 1.59. The van der Waals surface area contributed by atoms with Crippen LogP contribution in [0.25, 0.3) is 0 Å². The van der Waals surface area contributed by atoms with Gasteiger partial charge in [-0.15, -0.1) is 0 Å². The molecular weight excluding hydrogens is 455 g/mol. The predicted octanol–water partition coefficient (Wildman–Crippen LogP) is 3.23. The highest BCUT2D eigenvalue weighted by atomic mass is 19.1. The Morgan fingerprint density at radius 1 is 1.20 bits per heavy atom. The van der Waals surface area contributed by atoms with Gasteiger partial charge in [-0.2, -0.15) is 0 Å². The van der Waals surface area contributed by atoms with E-state index < -0.39 is 18.2 Å². The molecule has 2 aliphatic rings. The third-order valence-electron chi connectivity index (χ3n) is 6.05. The van der Waals surface area contributed by atoms with E-state index in [0.29, 0.717) is 62.1 Å². The number of likely N-dealkylation sites (tertiary alicyclic amines) is 1. The maximum atomic E-state index is 13.7. The van der Waals surface area contributed by atoms with Gasteiger partial charge in [-0.05, 0) is 48.4 Å². The lowest BCUT2D eigenvalue weighted by Gasteiger charge is -2.26. The first kappa shape index (κ1) is 24.9. The second-order valence-corrected chi connectivity index (χ2v) is 8.60. The lowest BCUT2D eigenvalue weighted by molar-refractivity contribution is -0.118. The number of carbonyl (C=O) groups is 1. The van der Waals surface area contributed by atoms with Gasteiger partial charge in [0, 0.05) is 31.8 Å².